The van der Waals surface area contributed by atoms with Crippen molar-refractivity contribution in [2.75, 3.05) is 5.32 Å². The number of halogens is 3. The first-order valence-corrected chi connectivity index (χ1v) is 9.52. The highest BCUT2D eigenvalue weighted by Gasteiger charge is 2.12. The fourth-order valence-electron chi connectivity index (χ4n) is 2.77. The van der Waals surface area contributed by atoms with Crippen LogP contribution in [0, 0.1) is 0 Å². The van der Waals surface area contributed by atoms with Crippen LogP contribution in [0.2, 0.25) is 15.1 Å². The number of oxazole rings is 1. The molecule has 0 radical (unpaired) electrons. The van der Waals surface area contributed by atoms with Crippen LogP contribution in [0.3, 0.4) is 0 Å². The van der Waals surface area contributed by atoms with Gasteiger partial charge in [0.1, 0.15) is 5.52 Å². The van der Waals surface area contributed by atoms with Crippen molar-refractivity contribution in [2.24, 2.45) is 0 Å². The van der Waals surface area contributed by atoms with Crippen LogP contribution in [0.25, 0.3) is 11.1 Å². The predicted octanol–water partition coefficient (Wildman–Crippen LogP) is 6.63. The Morgan fingerprint density at radius 3 is 2.54 bits per heavy atom. The van der Waals surface area contributed by atoms with Crippen molar-refractivity contribution < 1.29 is 9.21 Å². The Morgan fingerprint density at radius 1 is 0.929 bits per heavy atom. The Hall–Kier alpha value is -2.53. The molecule has 4 nitrogen and oxygen atoms in total. The Balaban J connectivity index is 1.55. The zero-order valence-corrected chi connectivity index (χ0v) is 16.6. The van der Waals surface area contributed by atoms with Gasteiger partial charge in [0.15, 0.2) is 11.5 Å². The number of amides is 1. The summed E-state index contributed by atoms with van der Waals surface area (Å²) in [6.07, 6.45) is 0.485. The number of carbonyl (C=O) groups excluding carboxylic acids is 1. The molecule has 140 valence electrons. The third kappa shape index (κ3) is 3.99. The van der Waals surface area contributed by atoms with Gasteiger partial charge in [-0.1, -0.05) is 53.0 Å². The van der Waals surface area contributed by atoms with Crippen molar-refractivity contribution in [1.29, 1.82) is 0 Å². The number of rotatable bonds is 4. The minimum Gasteiger partial charge on any atom is -0.440 e. The number of aromatic nitrogens is 1. The first-order chi connectivity index (χ1) is 13.5. The van der Waals surface area contributed by atoms with Crippen LogP contribution in [0.4, 0.5) is 5.69 Å². The average Bonchev–Trinajstić information content (AvgIpc) is 3.07. The van der Waals surface area contributed by atoms with Gasteiger partial charge in [0, 0.05) is 16.3 Å². The molecule has 1 amide bonds. The SMILES string of the molecule is O=C(Nc1ccc2oc(Cc3ccccc3Cl)nc2c1)c1ccc(Cl)c(Cl)c1. The van der Waals surface area contributed by atoms with Crippen LogP contribution in [0.15, 0.2) is 65.1 Å². The maximum atomic E-state index is 12.4. The second-order valence-electron chi connectivity index (χ2n) is 6.14. The van der Waals surface area contributed by atoms with E-state index in [2.05, 4.69) is 10.3 Å². The quantitative estimate of drug-likeness (QED) is 0.394. The van der Waals surface area contributed by atoms with E-state index >= 15 is 0 Å². The van der Waals surface area contributed by atoms with E-state index in [1.54, 1.807) is 30.3 Å². The zero-order chi connectivity index (χ0) is 19.7. The third-order valence-corrected chi connectivity index (χ3v) is 5.28. The third-order valence-electron chi connectivity index (χ3n) is 4.17. The lowest BCUT2D eigenvalue weighted by Gasteiger charge is -2.06. The number of hydrogen-bond donors (Lipinski definition) is 1. The van der Waals surface area contributed by atoms with Crippen LogP contribution in [0.1, 0.15) is 21.8 Å². The lowest BCUT2D eigenvalue weighted by atomic mass is 10.1. The Kier molecular flexibility index (Phi) is 5.27. The lowest BCUT2D eigenvalue weighted by molar-refractivity contribution is 0.102. The summed E-state index contributed by atoms with van der Waals surface area (Å²) in [7, 11) is 0. The maximum absolute atomic E-state index is 12.4. The molecule has 0 spiro atoms. The highest BCUT2D eigenvalue weighted by atomic mass is 35.5. The summed E-state index contributed by atoms with van der Waals surface area (Å²) in [5.41, 5.74) is 3.22. The highest BCUT2D eigenvalue weighted by Crippen LogP contribution is 2.25. The molecule has 0 fully saturated rings. The second kappa shape index (κ2) is 7.84. The molecule has 1 N–H and O–H groups in total. The Morgan fingerprint density at radius 2 is 1.75 bits per heavy atom. The van der Waals surface area contributed by atoms with E-state index in [1.165, 1.54) is 6.07 Å². The molecule has 3 aromatic carbocycles. The smallest absolute Gasteiger partial charge is 0.255 e. The minimum absolute atomic E-state index is 0.294. The maximum Gasteiger partial charge on any atom is 0.255 e. The van der Waals surface area contributed by atoms with E-state index in [0.717, 1.165) is 5.56 Å². The number of hydrogen-bond acceptors (Lipinski definition) is 3. The van der Waals surface area contributed by atoms with Crippen molar-refractivity contribution in [1.82, 2.24) is 4.98 Å². The Bertz CT molecular complexity index is 1190. The van der Waals surface area contributed by atoms with E-state index in [4.69, 9.17) is 39.2 Å². The highest BCUT2D eigenvalue weighted by molar-refractivity contribution is 6.42. The number of benzene rings is 3. The van der Waals surface area contributed by atoms with E-state index in [-0.39, 0.29) is 5.91 Å². The molecule has 1 aromatic heterocycles. The lowest BCUT2D eigenvalue weighted by Crippen LogP contribution is -2.11. The van der Waals surface area contributed by atoms with Crippen LogP contribution in [-0.2, 0) is 6.42 Å². The molecule has 0 aliphatic carbocycles. The molecule has 0 saturated heterocycles. The largest absolute Gasteiger partial charge is 0.440 e. The molecule has 0 saturated carbocycles. The van der Waals surface area contributed by atoms with Crippen molar-refractivity contribution in [3.8, 4) is 0 Å². The topological polar surface area (TPSA) is 55.1 Å². The van der Waals surface area contributed by atoms with Crippen LogP contribution in [0.5, 0.6) is 0 Å². The summed E-state index contributed by atoms with van der Waals surface area (Å²) < 4.78 is 5.79. The second-order valence-corrected chi connectivity index (χ2v) is 7.36. The van der Waals surface area contributed by atoms with Gasteiger partial charge in [-0.15, -0.1) is 0 Å². The molecule has 7 heteroatoms. The number of fused-ring (bicyclic) bond motifs is 1. The molecule has 0 unspecified atom stereocenters. The molecular formula is C21H13Cl3N2O2. The molecule has 1 heterocycles. The number of nitrogens with zero attached hydrogens (tertiary/aromatic N) is 1. The molecule has 4 rings (SSSR count). The van der Waals surface area contributed by atoms with Crippen molar-refractivity contribution >= 4 is 57.5 Å². The van der Waals surface area contributed by atoms with E-state index in [9.17, 15) is 4.79 Å². The molecule has 28 heavy (non-hydrogen) atoms. The van der Waals surface area contributed by atoms with Crippen molar-refractivity contribution in [3.05, 3.63) is 92.7 Å². The number of anilines is 1. The van der Waals surface area contributed by atoms with Gasteiger partial charge in [-0.05, 0) is 48.0 Å². The van der Waals surface area contributed by atoms with E-state index < -0.39 is 0 Å². The fraction of sp³-hybridized carbons (Fsp3) is 0.0476. The van der Waals surface area contributed by atoms with E-state index in [1.807, 2.05) is 24.3 Å². The van der Waals surface area contributed by atoms with Gasteiger partial charge in [-0.25, -0.2) is 4.98 Å². The summed E-state index contributed by atoms with van der Waals surface area (Å²) in [5, 5.41) is 4.21. The number of nitrogens with one attached hydrogen (secondary N) is 1. The first-order valence-electron chi connectivity index (χ1n) is 8.39. The normalized spacial score (nSPS) is 11.0. The van der Waals surface area contributed by atoms with Crippen LogP contribution in [-0.4, -0.2) is 10.9 Å². The van der Waals surface area contributed by atoms with Gasteiger partial charge >= 0.3 is 0 Å². The molecule has 0 bridgehead atoms. The molecule has 4 aromatic rings. The van der Waals surface area contributed by atoms with Crippen molar-refractivity contribution in [2.45, 2.75) is 6.42 Å². The standard InChI is InChI=1S/C21H13Cl3N2O2/c22-15-4-2-1-3-12(15)10-20-26-18-11-14(6-8-19(18)28-20)25-21(27)13-5-7-16(23)17(24)9-13/h1-9,11H,10H2,(H,25,27). The van der Waals surface area contributed by atoms with E-state index in [0.29, 0.717) is 49.7 Å². The Labute approximate surface area is 176 Å². The summed E-state index contributed by atoms with van der Waals surface area (Å²) in [4.78, 5) is 16.9. The summed E-state index contributed by atoms with van der Waals surface area (Å²) in [6.45, 7) is 0. The van der Waals surface area contributed by atoms with Gasteiger partial charge in [-0.3, -0.25) is 4.79 Å². The van der Waals surface area contributed by atoms with Gasteiger partial charge in [-0.2, -0.15) is 0 Å². The van der Waals surface area contributed by atoms with Crippen molar-refractivity contribution in [3.63, 3.8) is 0 Å². The van der Waals surface area contributed by atoms with Crippen LogP contribution < -0.4 is 5.32 Å². The van der Waals surface area contributed by atoms with Gasteiger partial charge in [0.05, 0.1) is 16.5 Å². The zero-order valence-electron chi connectivity index (χ0n) is 14.4. The molecule has 0 aliphatic heterocycles. The van der Waals surface area contributed by atoms with Gasteiger partial charge in [0.25, 0.3) is 5.91 Å². The summed E-state index contributed by atoms with van der Waals surface area (Å²) in [5.74, 6) is 0.258. The monoisotopic (exact) mass is 430 g/mol. The van der Waals surface area contributed by atoms with Gasteiger partial charge in [0.2, 0.25) is 0 Å². The molecule has 0 atom stereocenters. The fourth-order valence-corrected chi connectivity index (χ4v) is 3.27. The molecular weight excluding hydrogens is 419 g/mol. The van der Waals surface area contributed by atoms with Crippen LogP contribution >= 0.6 is 34.8 Å². The first kappa shape index (κ1) is 18.8. The minimum atomic E-state index is -0.294. The average molecular weight is 432 g/mol. The summed E-state index contributed by atoms with van der Waals surface area (Å²) >= 11 is 18.1. The summed E-state index contributed by atoms with van der Waals surface area (Å²) in [6, 6.07) is 17.5. The van der Waals surface area contributed by atoms with Gasteiger partial charge < -0.3 is 9.73 Å². The predicted molar refractivity (Wildman–Crippen MR) is 113 cm³/mol. The number of carbonyl (C=O) groups is 1. The molecule has 0 aliphatic rings.